The quantitative estimate of drug-likeness (QED) is 0.654. The van der Waals surface area contributed by atoms with Gasteiger partial charge in [-0.1, -0.05) is 26.7 Å². The lowest BCUT2D eigenvalue weighted by molar-refractivity contribution is 0.0936. The summed E-state index contributed by atoms with van der Waals surface area (Å²) in [6.45, 7) is 5.51. The molecule has 1 saturated heterocycles. The lowest BCUT2D eigenvalue weighted by atomic mass is 10.0. The van der Waals surface area contributed by atoms with Crippen LogP contribution in [0.25, 0.3) is 0 Å². The summed E-state index contributed by atoms with van der Waals surface area (Å²) in [5.41, 5.74) is 0.515. The van der Waals surface area contributed by atoms with Crippen molar-refractivity contribution in [1.82, 2.24) is 0 Å². The Balaban J connectivity index is 2.22. The Morgan fingerprint density at radius 2 is 2.33 bits per heavy atom. The molecule has 1 nitrogen and oxygen atoms in total. The minimum atomic E-state index is 0.515. The van der Waals surface area contributed by atoms with Crippen LogP contribution in [0.4, 0.5) is 0 Å². The van der Waals surface area contributed by atoms with E-state index >= 15 is 0 Å². The predicted octanol–water partition coefficient (Wildman–Crippen LogP) is 3.29. The zero-order valence-electron chi connectivity index (χ0n) is 8.21. The molecule has 0 aromatic heterocycles. The number of unbranched alkanes of at least 4 members (excludes halogenated alkanes) is 1. The zero-order valence-corrected chi connectivity index (χ0v) is 9.03. The van der Waals surface area contributed by atoms with E-state index in [0.717, 1.165) is 12.5 Å². The van der Waals surface area contributed by atoms with E-state index in [1.807, 2.05) is 11.8 Å². The highest BCUT2D eigenvalue weighted by Crippen LogP contribution is 2.31. The molecule has 1 heterocycles. The van der Waals surface area contributed by atoms with Crippen molar-refractivity contribution < 1.29 is 4.74 Å². The summed E-state index contributed by atoms with van der Waals surface area (Å²) in [5.74, 6) is 2.00. The van der Waals surface area contributed by atoms with Crippen molar-refractivity contribution in [3.63, 3.8) is 0 Å². The summed E-state index contributed by atoms with van der Waals surface area (Å²) in [7, 11) is 0. The van der Waals surface area contributed by atoms with Gasteiger partial charge in [0.1, 0.15) is 5.44 Å². The molecule has 0 amide bonds. The maximum absolute atomic E-state index is 5.67. The van der Waals surface area contributed by atoms with E-state index in [-0.39, 0.29) is 0 Å². The van der Waals surface area contributed by atoms with Gasteiger partial charge in [0, 0.05) is 5.75 Å². The third kappa shape index (κ3) is 2.98. The number of hydrogen-bond donors (Lipinski definition) is 0. The number of rotatable bonds is 5. The maximum Gasteiger partial charge on any atom is 0.106 e. The van der Waals surface area contributed by atoms with E-state index in [2.05, 4.69) is 13.8 Å². The third-order valence-corrected chi connectivity index (χ3v) is 3.74. The molecule has 2 heteroatoms. The van der Waals surface area contributed by atoms with Gasteiger partial charge in [0.05, 0.1) is 6.61 Å². The van der Waals surface area contributed by atoms with Gasteiger partial charge in [-0.05, 0) is 18.8 Å². The van der Waals surface area contributed by atoms with Crippen LogP contribution in [0, 0.1) is 5.92 Å². The van der Waals surface area contributed by atoms with Crippen molar-refractivity contribution in [2.24, 2.45) is 5.92 Å². The Morgan fingerprint density at radius 3 is 2.83 bits per heavy atom. The average Bonchev–Trinajstić information content (AvgIpc) is 2.59. The SMILES string of the molecule is CCCCC(CC)C1OCCS1. The van der Waals surface area contributed by atoms with E-state index in [1.165, 1.54) is 31.4 Å². The molecule has 0 spiro atoms. The fourth-order valence-electron chi connectivity index (χ4n) is 1.65. The molecule has 0 aliphatic carbocycles. The molecule has 0 aromatic carbocycles. The molecule has 72 valence electrons. The third-order valence-electron chi connectivity index (χ3n) is 2.49. The van der Waals surface area contributed by atoms with Crippen molar-refractivity contribution in [1.29, 1.82) is 0 Å². The lowest BCUT2D eigenvalue weighted by Crippen LogP contribution is -2.15. The normalized spacial score (nSPS) is 26.0. The monoisotopic (exact) mass is 188 g/mol. The Kier molecular flexibility index (Phi) is 5.08. The van der Waals surface area contributed by atoms with Crippen LogP contribution in [0.15, 0.2) is 0 Å². The minimum Gasteiger partial charge on any atom is -0.366 e. The fraction of sp³-hybridized carbons (Fsp3) is 1.00. The van der Waals surface area contributed by atoms with E-state index in [4.69, 9.17) is 4.74 Å². The first-order valence-electron chi connectivity index (χ1n) is 5.11. The maximum atomic E-state index is 5.67. The van der Waals surface area contributed by atoms with Gasteiger partial charge in [-0.15, -0.1) is 11.8 Å². The van der Waals surface area contributed by atoms with Gasteiger partial charge < -0.3 is 4.74 Å². The first kappa shape index (κ1) is 10.4. The topological polar surface area (TPSA) is 9.23 Å². The molecular weight excluding hydrogens is 168 g/mol. The second-order valence-corrected chi connectivity index (χ2v) is 4.63. The van der Waals surface area contributed by atoms with Crippen LogP contribution < -0.4 is 0 Å². The fourth-order valence-corrected chi connectivity index (χ4v) is 2.87. The molecule has 12 heavy (non-hydrogen) atoms. The number of ether oxygens (including phenoxy) is 1. The summed E-state index contributed by atoms with van der Waals surface area (Å²) < 4.78 is 5.67. The average molecular weight is 188 g/mol. The van der Waals surface area contributed by atoms with Crippen LogP contribution >= 0.6 is 11.8 Å². The van der Waals surface area contributed by atoms with Crippen LogP contribution in [-0.4, -0.2) is 17.8 Å². The zero-order chi connectivity index (χ0) is 8.81. The highest BCUT2D eigenvalue weighted by Gasteiger charge is 2.24. The van der Waals surface area contributed by atoms with Gasteiger partial charge in [-0.3, -0.25) is 0 Å². The van der Waals surface area contributed by atoms with Crippen molar-refractivity contribution in [3.8, 4) is 0 Å². The van der Waals surface area contributed by atoms with Crippen molar-refractivity contribution >= 4 is 11.8 Å². The number of thioether (sulfide) groups is 1. The van der Waals surface area contributed by atoms with Gasteiger partial charge >= 0.3 is 0 Å². The molecule has 0 aromatic rings. The van der Waals surface area contributed by atoms with E-state index in [0.29, 0.717) is 5.44 Å². The van der Waals surface area contributed by atoms with Crippen molar-refractivity contribution in [2.45, 2.75) is 45.0 Å². The van der Waals surface area contributed by atoms with Crippen molar-refractivity contribution in [2.75, 3.05) is 12.4 Å². The first-order valence-corrected chi connectivity index (χ1v) is 6.16. The second kappa shape index (κ2) is 5.87. The highest BCUT2D eigenvalue weighted by molar-refractivity contribution is 8.00. The van der Waals surface area contributed by atoms with E-state index in [9.17, 15) is 0 Å². The van der Waals surface area contributed by atoms with Crippen molar-refractivity contribution in [3.05, 3.63) is 0 Å². The largest absolute Gasteiger partial charge is 0.366 e. The highest BCUT2D eigenvalue weighted by atomic mass is 32.2. The first-order chi connectivity index (χ1) is 5.88. The molecule has 0 bridgehead atoms. The van der Waals surface area contributed by atoms with E-state index in [1.54, 1.807) is 0 Å². The smallest absolute Gasteiger partial charge is 0.106 e. The molecule has 2 atom stereocenters. The predicted molar refractivity (Wildman–Crippen MR) is 55.5 cm³/mol. The molecule has 0 radical (unpaired) electrons. The van der Waals surface area contributed by atoms with Crippen LogP contribution in [0.1, 0.15) is 39.5 Å². The van der Waals surface area contributed by atoms with E-state index < -0.39 is 0 Å². The molecule has 1 aliphatic rings. The molecule has 1 fully saturated rings. The standard InChI is InChI=1S/C10H20OS/c1-3-5-6-9(4-2)10-11-7-8-12-10/h9-10H,3-8H2,1-2H3. The summed E-state index contributed by atoms with van der Waals surface area (Å²) in [4.78, 5) is 0. The van der Waals surface area contributed by atoms with Crippen LogP contribution in [0.2, 0.25) is 0 Å². The Bertz CT molecular complexity index is 110. The Morgan fingerprint density at radius 1 is 1.50 bits per heavy atom. The van der Waals surface area contributed by atoms with Crippen LogP contribution in [0.5, 0.6) is 0 Å². The van der Waals surface area contributed by atoms with Gasteiger partial charge in [0.25, 0.3) is 0 Å². The molecule has 1 rings (SSSR count). The van der Waals surface area contributed by atoms with Gasteiger partial charge in [-0.25, -0.2) is 0 Å². The second-order valence-electron chi connectivity index (χ2n) is 3.42. The lowest BCUT2D eigenvalue weighted by Gasteiger charge is -2.20. The molecule has 1 aliphatic heterocycles. The van der Waals surface area contributed by atoms with Crippen LogP contribution in [-0.2, 0) is 4.74 Å². The van der Waals surface area contributed by atoms with Gasteiger partial charge in [0.2, 0.25) is 0 Å². The summed E-state index contributed by atoms with van der Waals surface area (Å²) in [6.07, 6.45) is 5.30. The summed E-state index contributed by atoms with van der Waals surface area (Å²) in [5, 5.41) is 0. The molecule has 0 saturated carbocycles. The molecule has 0 N–H and O–H groups in total. The number of hydrogen-bond acceptors (Lipinski definition) is 2. The van der Waals surface area contributed by atoms with Gasteiger partial charge in [0.15, 0.2) is 0 Å². The molecule has 2 unspecified atom stereocenters. The summed E-state index contributed by atoms with van der Waals surface area (Å²) >= 11 is 2.00. The Hall–Kier alpha value is 0.310. The van der Waals surface area contributed by atoms with Crippen LogP contribution in [0.3, 0.4) is 0 Å². The summed E-state index contributed by atoms with van der Waals surface area (Å²) in [6, 6.07) is 0. The minimum absolute atomic E-state index is 0.515. The Labute approximate surface area is 80.3 Å². The molecular formula is C10H20OS. The van der Waals surface area contributed by atoms with Gasteiger partial charge in [-0.2, -0.15) is 0 Å².